The van der Waals surface area contributed by atoms with Crippen LogP contribution >= 0.6 is 23.2 Å². The van der Waals surface area contributed by atoms with Gasteiger partial charge in [0.25, 0.3) is 0 Å². The number of carbonyl (C=O) groups is 1. The SMILES string of the molecule is C=COC(=O)Oc1ccc(C(=C(Cl)Cl)c2ccc(C)cc2)cc1. The molecular weight excluding hydrogens is 335 g/mol. The summed E-state index contributed by atoms with van der Waals surface area (Å²) in [6.45, 7) is 5.28. The Morgan fingerprint density at radius 1 is 1.00 bits per heavy atom. The zero-order valence-corrected chi connectivity index (χ0v) is 13.9. The second-order valence-corrected chi connectivity index (χ2v) is 5.61. The molecule has 0 aromatic heterocycles. The highest BCUT2D eigenvalue weighted by Crippen LogP contribution is 2.32. The summed E-state index contributed by atoms with van der Waals surface area (Å²) in [5.41, 5.74) is 3.55. The molecule has 2 aromatic carbocycles. The van der Waals surface area contributed by atoms with Crippen molar-refractivity contribution in [3.8, 4) is 5.75 Å². The molecule has 0 N–H and O–H groups in total. The van der Waals surface area contributed by atoms with Gasteiger partial charge in [-0.3, -0.25) is 0 Å². The number of aryl methyl sites for hydroxylation is 1. The lowest BCUT2D eigenvalue weighted by molar-refractivity contribution is 0.136. The molecule has 2 rings (SSSR count). The minimum absolute atomic E-state index is 0.161. The lowest BCUT2D eigenvalue weighted by Crippen LogP contribution is -2.06. The molecule has 0 aliphatic rings. The van der Waals surface area contributed by atoms with E-state index in [1.165, 1.54) is 0 Å². The van der Waals surface area contributed by atoms with Crippen LogP contribution in [0.25, 0.3) is 5.57 Å². The largest absolute Gasteiger partial charge is 0.518 e. The predicted octanol–water partition coefficient (Wildman–Crippen LogP) is 5.85. The van der Waals surface area contributed by atoms with Crippen molar-refractivity contribution < 1.29 is 14.3 Å². The quantitative estimate of drug-likeness (QED) is 0.395. The van der Waals surface area contributed by atoms with E-state index in [9.17, 15) is 4.79 Å². The van der Waals surface area contributed by atoms with Crippen LogP contribution in [-0.4, -0.2) is 6.16 Å². The summed E-state index contributed by atoms with van der Waals surface area (Å²) in [4.78, 5) is 11.2. The van der Waals surface area contributed by atoms with Gasteiger partial charge in [0.1, 0.15) is 10.2 Å². The lowest BCUT2D eigenvalue weighted by Gasteiger charge is -2.10. The van der Waals surface area contributed by atoms with Gasteiger partial charge in [0.2, 0.25) is 0 Å². The molecule has 0 amide bonds. The molecule has 0 saturated carbocycles. The fourth-order valence-corrected chi connectivity index (χ4v) is 2.42. The first kappa shape index (κ1) is 17.1. The molecule has 5 heteroatoms. The van der Waals surface area contributed by atoms with Gasteiger partial charge in [-0.15, -0.1) is 0 Å². The summed E-state index contributed by atoms with van der Waals surface area (Å²) in [5, 5.41) is 0. The normalized spacial score (nSPS) is 9.87. The number of rotatable bonds is 4. The van der Waals surface area contributed by atoms with Crippen LogP contribution in [0.15, 0.2) is 65.9 Å². The zero-order valence-electron chi connectivity index (χ0n) is 12.4. The predicted molar refractivity (Wildman–Crippen MR) is 92.7 cm³/mol. The second-order valence-electron chi connectivity index (χ2n) is 4.66. The Hall–Kier alpha value is -2.23. The Morgan fingerprint density at radius 2 is 1.52 bits per heavy atom. The Bertz CT molecular complexity index is 728. The number of carbonyl (C=O) groups excluding carboxylic acids is 1. The topological polar surface area (TPSA) is 35.5 Å². The highest BCUT2D eigenvalue weighted by molar-refractivity contribution is 6.59. The fraction of sp³-hybridized carbons (Fsp3) is 0.0556. The van der Waals surface area contributed by atoms with Crippen LogP contribution in [0.3, 0.4) is 0 Å². The van der Waals surface area contributed by atoms with Crippen LogP contribution in [-0.2, 0) is 4.74 Å². The summed E-state index contributed by atoms with van der Waals surface area (Å²) in [6, 6.07) is 14.6. The number of hydrogen-bond donors (Lipinski definition) is 0. The zero-order chi connectivity index (χ0) is 16.8. The van der Waals surface area contributed by atoms with Crippen molar-refractivity contribution in [2.75, 3.05) is 0 Å². The molecular formula is C18H14Cl2O3. The first-order valence-corrected chi connectivity index (χ1v) is 7.49. The number of benzene rings is 2. The van der Waals surface area contributed by atoms with E-state index in [2.05, 4.69) is 11.3 Å². The van der Waals surface area contributed by atoms with Gasteiger partial charge in [0, 0.05) is 5.57 Å². The van der Waals surface area contributed by atoms with E-state index in [4.69, 9.17) is 27.9 Å². The third kappa shape index (κ3) is 4.62. The lowest BCUT2D eigenvalue weighted by atomic mass is 9.98. The Kier molecular flexibility index (Phi) is 5.85. The van der Waals surface area contributed by atoms with E-state index >= 15 is 0 Å². The molecule has 2 aromatic rings. The molecule has 0 fully saturated rings. The number of ether oxygens (including phenoxy) is 2. The fourth-order valence-electron chi connectivity index (χ4n) is 1.98. The van der Waals surface area contributed by atoms with Gasteiger partial charge in [-0.2, -0.15) is 0 Å². The second kappa shape index (κ2) is 7.86. The molecule has 0 spiro atoms. The molecule has 0 heterocycles. The molecule has 23 heavy (non-hydrogen) atoms. The average Bonchev–Trinajstić information content (AvgIpc) is 2.51. The highest BCUT2D eigenvalue weighted by atomic mass is 35.5. The molecule has 0 unspecified atom stereocenters. The van der Waals surface area contributed by atoms with Gasteiger partial charge >= 0.3 is 6.16 Å². The summed E-state index contributed by atoms with van der Waals surface area (Å²) in [5.74, 6) is 0.342. The molecule has 118 valence electrons. The van der Waals surface area contributed by atoms with E-state index in [1.54, 1.807) is 24.3 Å². The molecule has 0 bridgehead atoms. The molecule has 0 radical (unpaired) electrons. The minimum atomic E-state index is -0.850. The number of halogens is 2. The van der Waals surface area contributed by atoms with Gasteiger partial charge in [-0.05, 0) is 30.2 Å². The molecule has 0 atom stereocenters. The van der Waals surface area contributed by atoms with E-state index in [1.807, 2.05) is 31.2 Å². The Labute approximate surface area is 144 Å². The van der Waals surface area contributed by atoms with Crippen molar-refractivity contribution in [3.05, 3.63) is 82.6 Å². The summed E-state index contributed by atoms with van der Waals surface area (Å²) >= 11 is 12.1. The van der Waals surface area contributed by atoms with Crippen molar-refractivity contribution in [1.29, 1.82) is 0 Å². The third-order valence-corrected chi connectivity index (χ3v) is 3.43. The maximum absolute atomic E-state index is 11.2. The minimum Gasteiger partial charge on any atom is -0.403 e. The van der Waals surface area contributed by atoms with E-state index in [0.717, 1.165) is 23.0 Å². The van der Waals surface area contributed by atoms with Crippen molar-refractivity contribution in [2.24, 2.45) is 0 Å². The highest BCUT2D eigenvalue weighted by Gasteiger charge is 2.11. The van der Waals surface area contributed by atoms with Crippen molar-refractivity contribution in [3.63, 3.8) is 0 Å². The van der Waals surface area contributed by atoms with Gasteiger partial charge in [-0.25, -0.2) is 4.79 Å². The van der Waals surface area contributed by atoms with Crippen LogP contribution < -0.4 is 4.74 Å². The Balaban J connectivity index is 2.28. The van der Waals surface area contributed by atoms with E-state index in [0.29, 0.717) is 11.3 Å². The van der Waals surface area contributed by atoms with Crippen LogP contribution in [0.1, 0.15) is 16.7 Å². The standard InChI is InChI=1S/C18H14Cl2O3/c1-3-22-18(21)23-15-10-8-14(9-11-15)16(17(19)20)13-6-4-12(2)5-7-13/h3-11H,1H2,2H3. The van der Waals surface area contributed by atoms with Crippen molar-refractivity contribution >= 4 is 34.9 Å². The third-order valence-electron chi connectivity index (χ3n) is 3.05. The van der Waals surface area contributed by atoms with Gasteiger partial charge in [-0.1, -0.05) is 71.7 Å². The molecule has 0 aliphatic heterocycles. The van der Waals surface area contributed by atoms with Crippen LogP contribution in [0.2, 0.25) is 0 Å². The Morgan fingerprint density at radius 3 is 2.00 bits per heavy atom. The maximum Gasteiger partial charge on any atom is 0.518 e. The summed E-state index contributed by atoms with van der Waals surface area (Å²) < 4.78 is 9.61. The molecule has 0 saturated heterocycles. The smallest absolute Gasteiger partial charge is 0.403 e. The van der Waals surface area contributed by atoms with E-state index in [-0.39, 0.29) is 4.49 Å². The monoisotopic (exact) mass is 348 g/mol. The van der Waals surface area contributed by atoms with Crippen LogP contribution in [0.5, 0.6) is 5.75 Å². The van der Waals surface area contributed by atoms with Gasteiger partial charge in [0.15, 0.2) is 0 Å². The first-order valence-electron chi connectivity index (χ1n) is 6.73. The van der Waals surface area contributed by atoms with Crippen LogP contribution in [0.4, 0.5) is 4.79 Å². The number of hydrogen-bond acceptors (Lipinski definition) is 3. The van der Waals surface area contributed by atoms with Gasteiger partial charge < -0.3 is 9.47 Å². The van der Waals surface area contributed by atoms with Crippen molar-refractivity contribution in [2.45, 2.75) is 6.92 Å². The average molecular weight is 349 g/mol. The van der Waals surface area contributed by atoms with Crippen molar-refractivity contribution in [1.82, 2.24) is 0 Å². The summed E-state index contributed by atoms with van der Waals surface area (Å²) in [7, 11) is 0. The molecule has 0 aliphatic carbocycles. The molecule has 3 nitrogen and oxygen atoms in total. The summed E-state index contributed by atoms with van der Waals surface area (Å²) in [6.07, 6.45) is 0.153. The van der Waals surface area contributed by atoms with Gasteiger partial charge in [0.05, 0.1) is 6.26 Å². The van der Waals surface area contributed by atoms with E-state index < -0.39 is 6.16 Å². The van der Waals surface area contributed by atoms with Crippen LogP contribution in [0, 0.1) is 6.92 Å². The first-order chi connectivity index (χ1) is 11.0. The maximum atomic E-state index is 11.2.